The van der Waals surface area contributed by atoms with Gasteiger partial charge in [-0.3, -0.25) is 14.5 Å². The second kappa shape index (κ2) is 9.80. The maximum Gasteiger partial charge on any atom is 0.303 e. The lowest BCUT2D eigenvalue weighted by Crippen LogP contribution is -2.29. The topological polar surface area (TPSA) is 70.8 Å². The molecule has 1 saturated heterocycles. The average Bonchev–Trinajstić information content (AvgIpc) is 3.21. The quantitative estimate of drug-likeness (QED) is 0.286. The number of thiocarbonyl (C=S) groups is 1. The van der Waals surface area contributed by atoms with Gasteiger partial charge < -0.3 is 9.52 Å². The van der Waals surface area contributed by atoms with Crippen LogP contribution in [0.25, 0.3) is 17.4 Å². The van der Waals surface area contributed by atoms with Crippen LogP contribution in [0.2, 0.25) is 10.0 Å². The first-order valence-corrected chi connectivity index (χ1v) is 10.9. The zero-order chi connectivity index (χ0) is 21.0. The number of nitrogens with zero attached hydrogens (tertiary/aromatic N) is 1. The molecule has 0 radical (unpaired) electrons. The van der Waals surface area contributed by atoms with Crippen LogP contribution in [0.4, 0.5) is 0 Å². The molecule has 0 bridgehead atoms. The van der Waals surface area contributed by atoms with Gasteiger partial charge in [-0.2, -0.15) is 0 Å². The van der Waals surface area contributed by atoms with E-state index in [-0.39, 0.29) is 12.3 Å². The van der Waals surface area contributed by atoms with E-state index in [4.69, 9.17) is 44.9 Å². The van der Waals surface area contributed by atoms with Crippen molar-refractivity contribution in [1.29, 1.82) is 0 Å². The zero-order valence-corrected chi connectivity index (χ0v) is 18.3. The minimum absolute atomic E-state index is 0.134. The minimum Gasteiger partial charge on any atom is -0.481 e. The number of hydrogen-bond donors (Lipinski definition) is 1. The fourth-order valence-corrected chi connectivity index (χ4v) is 4.72. The molecular formula is C20H17Cl2NO4S2. The molecule has 1 aliphatic rings. The largest absolute Gasteiger partial charge is 0.481 e. The summed E-state index contributed by atoms with van der Waals surface area (Å²) in [5.74, 6) is 0.0279. The van der Waals surface area contributed by atoms with Gasteiger partial charge in [0.25, 0.3) is 5.91 Å². The number of unbranched alkanes of at least 4 members (excludes halogenated alkanes) is 2. The predicted molar refractivity (Wildman–Crippen MR) is 120 cm³/mol. The highest BCUT2D eigenvalue weighted by atomic mass is 35.5. The number of carboxylic acid groups (broad SMARTS) is 1. The predicted octanol–water partition coefficient (Wildman–Crippen LogP) is 6.10. The molecule has 1 aromatic carbocycles. The van der Waals surface area contributed by atoms with Crippen LogP contribution >= 0.6 is 47.2 Å². The molecule has 2 heterocycles. The molecule has 5 nitrogen and oxygen atoms in total. The van der Waals surface area contributed by atoms with Gasteiger partial charge in [0, 0.05) is 19.0 Å². The molecule has 1 N–H and O–H groups in total. The Morgan fingerprint density at radius 2 is 1.90 bits per heavy atom. The van der Waals surface area contributed by atoms with E-state index in [1.807, 2.05) is 0 Å². The lowest BCUT2D eigenvalue weighted by atomic mass is 10.2. The van der Waals surface area contributed by atoms with E-state index in [0.29, 0.717) is 55.7 Å². The lowest BCUT2D eigenvalue weighted by molar-refractivity contribution is -0.137. The number of halogens is 2. The van der Waals surface area contributed by atoms with E-state index in [2.05, 4.69) is 0 Å². The molecule has 0 saturated carbocycles. The fourth-order valence-electron chi connectivity index (χ4n) is 2.84. The third-order valence-corrected chi connectivity index (χ3v) is 6.26. The molecule has 1 aliphatic heterocycles. The van der Waals surface area contributed by atoms with E-state index in [1.54, 1.807) is 41.3 Å². The van der Waals surface area contributed by atoms with Crippen LogP contribution in [0.5, 0.6) is 0 Å². The van der Waals surface area contributed by atoms with Crippen molar-refractivity contribution in [2.75, 3.05) is 6.54 Å². The van der Waals surface area contributed by atoms with Crippen molar-refractivity contribution in [3.8, 4) is 11.3 Å². The molecule has 1 aromatic heterocycles. The molecular weight excluding hydrogens is 453 g/mol. The number of hydrogen-bond acceptors (Lipinski definition) is 5. The van der Waals surface area contributed by atoms with Crippen LogP contribution in [0.1, 0.15) is 31.4 Å². The van der Waals surface area contributed by atoms with Gasteiger partial charge in [-0.05, 0) is 37.1 Å². The maximum absolute atomic E-state index is 12.6. The summed E-state index contributed by atoms with van der Waals surface area (Å²) in [5, 5.41) is 9.63. The van der Waals surface area contributed by atoms with Crippen LogP contribution in [0.3, 0.4) is 0 Å². The van der Waals surface area contributed by atoms with Crippen molar-refractivity contribution in [3.63, 3.8) is 0 Å². The molecule has 3 rings (SSSR count). The fraction of sp³-hybridized carbons (Fsp3) is 0.250. The molecule has 0 unspecified atom stereocenters. The zero-order valence-electron chi connectivity index (χ0n) is 15.2. The SMILES string of the molecule is O=C(O)CCCCCN1C(=O)/C(=C\c2ccc(-c3c(Cl)cccc3Cl)o2)SC1=S. The number of carboxylic acids is 1. The minimum atomic E-state index is -0.811. The highest BCUT2D eigenvalue weighted by Gasteiger charge is 2.31. The van der Waals surface area contributed by atoms with E-state index in [1.165, 1.54) is 11.8 Å². The molecule has 0 spiro atoms. The second-order valence-electron chi connectivity index (χ2n) is 6.34. The number of carbonyl (C=O) groups is 2. The molecule has 152 valence electrons. The van der Waals surface area contributed by atoms with Crippen molar-refractivity contribution in [1.82, 2.24) is 4.90 Å². The highest BCUT2D eigenvalue weighted by molar-refractivity contribution is 8.26. The summed E-state index contributed by atoms with van der Waals surface area (Å²) >= 11 is 19.0. The number of furan rings is 1. The van der Waals surface area contributed by atoms with Gasteiger partial charge in [0.05, 0.1) is 20.5 Å². The van der Waals surface area contributed by atoms with E-state index in [0.717, 1.165) is 6.42 Å². The normalized spacial score (nSPS) is 15.5. The Balaban J connectivity index is 1.67. The number of aliphatic carboxylic acids is 1. The van der Waals surface area contributed by atoms with Crippen molar-refractivity contribution in [2.24, 2.45) is 0 Å². The maximum atomic E-state index is 12.6. The summed E-state index contributed by atoms with van der Waals surface area (Å²) in [6, 6.07) is 8.71. The Labute approximate surface area is 187 Å². The van der Waals surface area contributed by atoms with Crippen LogP contribution < -0.4 is 0 Å². The summed E-state index contributed by atoms with van der Waals surface area (Å²) in [6.45, 7) is 0.472. The van der Waals surface area contributed by atoms with E-state index >= 15 is 0 Å². The average molecular weight is 470 g/mol. The summed E-state index contributed by atoms with van der Waals surface area (Å²) in [6.07, 6.45) is 3.79. The van der Waals surface area contributed by atoms with Crippen LogP contribution in [0.15, 0.2) is 39.7 Å². The van der Waals surface area contributed by atoms with Gasteiger partial charge in [-0.25, -0.2) is 0 Å². The standard InChI is InChI=1S/C20H17Cl2NO4S2/c21-13-5-4-6-14(22)18(13)15-9-8-12(27-15)11-16-19(26)23(20(28)29-16)10-3-1-2-7-17(24)25/h4-6,8-9,11H,1-3,7,10H2,(H,24,25)/b16-11+. The van der Waals surface area contributed by atoms with Gasteiger partial charge >= 0.3 is 5.97 Å². The van der Waals surface area contributed by atoms with Crippen molar-refractivity contribution >= 4 is 69.5 Å². The Kier molecular flexibility index (Phi) is 7.40. The first-order valence-electron chi connectivity index (χ1n) is 8.88. The first kappa shape index (κ1) is 21.9. The number of benzene rings is 1. The first-order chi connectivity index (χ1) is 13.9. The van der Waals surface area contributed by atoms with Crippen molar-refractivity contribution < 1.29 is 19.1 Å². The Morgan fingerprint density at radius 1 is 1.17 bits per heavy atom. The van der Waals surface area contributed by atoms with Gasteiger partial charge in [0.15, 0.2) is 0 Å². The highest BCUT2D eigenvalue weighted by Crippen LogP contribution is 2.37. The second-order valence-corrected chi connectivity index (χ2v) is 8.83. The number of thioether (sulfide) groups is 1. The summed E-state index contributed by atoms with van der Waals surface area (Å²) in [5.41, 5.74) is 0.601. The van der Waals surface area contributed by atoms with Gasteiger partial charge in [0.2, 0.25) is 0 Å². The molecule has 29 heavy (non-hydrogen) atoms. The number of amides is 1. The van der Waals surface area contributed by atoms with Crippen LogP contribution in [-0.4, -0.2) is 32.7 Å². The monoisotopic (exact) mass is 469 g/mol. The van der Waals surface area contributed by atoms with Gasteiger partial charge in [0.1, 0.15) is 15.8 Å². The van der Waals surface area contributed by atoms with Crippen LogP contribution in [-0.2, 0) is 9.59 Å². The van der Waals surface area contributed by atoms with Crippen LogP contribution in [0, 0.1) is 0 Å². The van der Waals surface area contributed by atoms with Gasteiger partial charge in [-0.15, -0.1) is 0 Å². The summed E-state index contributed by atoms with van der Waals surface area (Å²) in [4.78, 5) is 25.2. The molecule has 0 aliphatic carbocycles. The summed E-state index contributed by atoms with van der Waals surface area (Å²) in [7, 11) is 0. The Hall–Kier alpha value is -1.80. The lowest BCUT2D eigenvalue weighted by Gasteiger charge is -2.13. The molecule has 2 aromatic rings. The third kappa shape index (κ3) is 5.42. The molecule has 1 amide bonds. The van der Waals surface area contributed by atoms with E-state index < -0.39 is 5.97 Å². The number of carbonyl (C=O) groups excluding carboxylic acids is 1. The Morgan fingerprint density at radius 3 is 2.59 bits per heavy atom. The third-order valence-electron chi connectivity index (χ3n) is 4.26. The smallest absolute Gasteiger partial charge is 0.303 e. The van der Waals surface area contributed by atoms with E-state index in [9.17, 15) is 9.59 Å². The molecule has 1 fully saturated rings. The molecule has 0 atom stereocenters. The molecule has 9 heteroatoms. The summed E-state index contributed by atoms with van der Waals surface area (Å²) < 4.78 is 6.31. The van der Waals surface area contributed by atoms with Crippen molar-refractivity contribution in [3.05, 3.63) is 51.0 Å². The Bertz CT molecular complexity index is 966. The van der Waals surface area contributed by atoms with Crippen molar-refractivity contribution in [2.45, 2.75) is 25.7 Å². The van der Waals surface area contributed by atoms with Gasteiger partial charge in [-0.1, -0.05) is 59.7 Å². The number of rotatable bonds is 8.